The fraction of sp³-hybridized carbons (Fsp3) is 0.476. The Balaban J connectivity index is 2.00. The summed E-state index contributed by atoms with van der Waals surface area (Å²) in [6.45, 7) is 5.41. The van der Waals surface area contributed by atoms with Crippen LogP contribution in [0.25, 0.3) is 10.9 Å². The molecule has 1 amide bonds. The van der Waals surface area contributed by atoms with Gasteiger partial charge in [0.2, 0.25) is 15.5 Å². The molecule has 1 aliphatic rings. The highest BCUT2D eigenvalue weighted by Gasteiger charge is 2.28. The van der Waals surface area contributed by atoms with E-state index in [0.717, 1.165) is 10.7 Å². The van der Waals surface area contributed by atoms with Gasteiger partial charge in [0.1, 0.15) is 5.56 Å². The summed E-state index contributed by atoms with van der Waals surface area (Å²) in [5, 5.41) is 8.85. The van der Waals surface area contributed by atoms with E-state index in [-0.39, 0.29) is 34.7 Å². The first-order chi connectivity index (χ1) is 14.1. The van der Waals surface area contributed by atoms with Crippen molar-refractivity contribution < 1.29 is 13.2 Å². The van der Waals surface area contributed by atoms with E-state index < -0.39 is 15.5 Å². The number of carbonyl (C=O) groups is 1. The monoisotopic (exact) mass is 430 g/mol. The first kappa shape index (κ1) is 22.0. The van der Waals surface area contributed by atoms with E-state index in [1.807, 2.05) is 6.07 Å². The van der Waals surface area contributed by atoms with E-state index in [0.29, 0.717) is 30.4 Å². The van der Waals surface area contributed by atoms with Gasteiger partial charge in [-0.2, -0.15) is 9.57 Å². The molecule has 0 saturated carbocycles. The van der Waals surface area contributed by atoms with Crippen molar-refractivity contribution in [3.8, 4) is 6.07 Å². The van der Waals surface area contributed by atoms with Crippen molar-refractivity contribution in [3.63, 3.8) is 0 Å². The highest BCUT2D eigenvalue weighted by Crippen LogP contribution is 2.23. The SMILES string of the molecule is C[C@@H]1C[C@@H](C)CN(C(=O)c2c[nH]c3ccc(S(=O)(=O)N(C)CCC#N)cc3c2=O)C1. The minimum Gasteiger partial charge on any atom is -0.360 e. The van der Waals surface area contributed by atoms with Gasteiger partial charge in [-0.3, -0.25) is 9.59 Å². The Morgan fingerprint density at radius 2 is 1.97 bits per heavy atom. The molecule has 0 radical (unpaired) electrons. The lowest BCUT2D eigenvalue weighted by atomic mass is 9.91. The van der Waals surface area contributed by atoms with Crippen molar-refractivity contribution in [2.75, 3.05) is 26.7 Å². The minimum atomic E-state index is -3.85. The number of pyridine rings is 1. The quantitative estimate of drug-likeness (QED) is 0.781. The third-order valence-electron chi connectivity index (χ3n) is 5.49. The van der Waals surface area contributed by atoms with Gasteiger partial charge < -0.3 is 9.88 Å². The van der Waals surface area contributed by atoms with E-state index >= 15 is 0 Å². The average molecular weight is 431 g/mol. The third kappa shape index (κ3) is 4.25. The highest BCUT2D eigenvalue weighted by molar-refractivity contribution is 7.89. The Morgan fingerprint density at radius 1 is 1.30 bits per heavy atom. The number of sulfonamides is 1. The molecule has 0 aliphatic carbocycles. The van der Waals surface area contributed by atoms with Crippen LogP contribution < -0.4 is 5.43 Å². The molecule has 8 nitrogen and oxygen atoms in total. The van der Waals surface area contributed by atoms with E-state index in [1.165, 1.54) is 31.4 Å². The highest BCUT2D eigenvalue weighted by atomic mass is 32.2. The maximum absolute atomic E-state index is 13.1. The Labute approximate surface area is 176 Å². The van der Waals surface area contributed by atoms with Crippen LogP contribution in [0.2, 0.25) is 0 Å². The molecule has 1 N–H and O–H groups in total. The van der Waals surface area contributed by atoms with Crippen LogP contribution in [-0.2, 0) is 10.0 Å². The lowest BCUT2D eigenvalue weighted by Crippen LogP contribution is -2.44. The number of rotatable bonds is 5. The number of benzene rings is 1. The number of hydrogen-bond donors (Lipinski definition) is 1. The Hall–Kier alpha value is -2.70. The summed E-state index contributed by atoms with van der Waals surface area (Å²) in [4.78, 5) is 30.7. The van der Waals surface area contributed by atoms with Crippen molar-refractivity contribution in [2.24, 2.45) is 11.8 Å². The molecule has 1 saturated heterocycles. The minimum absolute atomic E-state index is 0.0104. The van der Waals surface area contributed by atoms with Crippen LogP contribution in [0.4, 0.5) is 0 Å². The molecule has 1 aromatic carbocycles. The number of fused-ring (bicyclic) bond motifs is 1. The number of H-pyrrole nitrogens is 1. The second-order valence-corrected chi connectivity index (χ2v) is 10.2. The van der Waals surface area contributed by atoms with Gasteiger partial charge in [-0.1, -0.05) is 13.8 Å². The fourth-order valence-electron chi connectivity index (χ4n) is 4.02. The number of hydrogen-bond acceptors (Lipinski definition) is 5. The fourth-order valence-corrected chi connectivity index (χ4v) is 5.22. The Bertz CT molecular complexity index is 1160. The van der Waals surface area contributed by atoms with Gasteiger partial charge in [-0.05, 0) is 36.5 Å². The first-order valence-corrected chi connectivity index (χ1v) is 11.4. The number of piperidine rings is 1. The summed E-state index contributed by atoms with van der Waals surface area (Å²) in [6.07, 6.45) is 2.51. The molecular formula is C21H26N4O4S. The molecule has 30 heavy (non-hydrogen) atoms. The zero-order chi connectivity index (χ0) is 22.1. The lowest BCUT2D eigenvalue weighted by Gasteiger charge is -2.34. The summed E-state index contributed by atoms with van der Waals surface area (Å²) >= 11 is 0. The number of likely N-dealkylation sites (tertiary alicyclic amines) is 1. The van der Waals surface area contributed by atoms with Crippen LogP contribution in [-0.4, -0.2) is 55.2 Å². The molecule has 2 atom stereocenters. The van der Waals surface area contributed by atoms with Crippen molar-refractivity contribution in [1.29, 1.82) is 5.26 Å². The van der Waals surface area contributed by atoms with E-state index in [2.05, 4.69) is 18.8 Å². The van der Waals surface area contributed by atoms with Gasteiger partial charge >= 0.3 is 0 Å². The predicted octanol–water partition coefficient (Wildman–Crippen LogP) is 2.18. The zero-order valence-electron chi connectivity index (χ0n) is 17.4. The summed E-state index contributed by atoms with van der Waals surface area (Å²) in [5.74, 6) is 0.381. The number of carbonyl (C=O) groups excluding carboxylic acids is 1. The van der Waals surface area contributed by atoms with E-state index in [9.17, 15) is 18.0 Å². The summed E-state index contributed by atoms with van der Waals surface area (Å²) in [7, 11) is -2.46. The zero-order valence-corrected chi connectivity index (χ0v) is 18.2. The molecule has 3 rings (SSSR count). The second-order valence-electron chi connectivity index (χ2n) is 8.13. The summed E-state index contributed by atoms with van der Waals surface area (Å²) in [6, 6.07) is 6.13. The van der Waals surface area contributed by atoms with Crippen LogP contribution in [0, 0.1) is 23.2 Å². The molecule has 2 heterocycles. The largest absolute Gasteiger partial charge is 0.360 e. The molecule has 0 bridgehead atoms. The maximum atomic E-state index is 13.1. The molecule has 0 spiro atoms. The lowest BCUT2D eigenvalue weighted by molar-refractivity contribution is 0.0621. The van der Waals surface area contributed by atoms with Crippen molar-refractivity contribution in [2.45, 2.75) is 31.6 Å². The number of aromatic nitrogens is 1. The molecule has 1 fully saturated rings. The van der Waals surface area contributed by atoms with E-state index in [1.54, 1.807) is 4.90 Å². The molecule has 2 aromatic rings. The molecular weight excluding hydrogens is 404 g/mol. The van der Waals surface area contributed by atoms with Gasteiger partial charge in [0.15, 0.2) is 0 Å². The van der Waals surface area contributed by atoms with Crippen LogP contribution in [0.15, 0.2) is 34.1 Å². The Kier molecular flexibility index (Phi) is 6.29. The number of aromatic amines is 1. The van der Waals surface area contributed by atoms with Crippen LogP contribution >= 0.6 is 0 Å². The Morgan fingerprint density at radius 3 is 2.60 bits per heavy atom. The molecule has 1 aliphatic heterocycles. The second kappa shape index (κ2) is 8.58. The van der Waals surface area contributed by atoms with Crippen LogP contribution in [0.1, 0.15) is 37.0 Å². The van der Waals surface area contributed by atoms with E-state index in [4.69, 9.17) is 5.26 Å². The van der Waals surface area contributed by atoms with Gasteiger partial charge in [-0.15, -0.1) is 0 Å². The average Bonchev–Trinajstić information content (AvgIpc) is 2.70. The van der Waals surface area contributed by atoms with Crippen LogP contribution in [0.5, 0.6) is 0 Å². The summed E-state index contributed by atoms with van der Waals surface area (Å²) in [5.41, 5.74) is -0.0249. The van der Waals surface area contributed by atoms with Gasteiger partial charge in [0.25, 0.3) is 5.91 Å². The van der Waals surface area contributed by atoms with Crippen molar-refractivity contribution in [3.05, 3.63) is 40.2 Å². The standard InChI is InChI=1S/C21H26N4O4S/c1-14-9-15(2)13-25(12-14)21(27)18-11-23-19-6-5-16(10-17(19)20(18)26)30(28,29)24(3)8-4-7-22/h5-6,10-11,14-15H,4,8-9,12-13H2,1-3H3,(H,23,26)/t14-,15-/m1/s1. The topological polar surface area (TPSA) is 114 Å². The van der Waals surface area contributed by atoms with Crippen molar-refractivity contribution in [1.82, 2.24) is 14.2 Å². The molecule has 0 unspecified atom stereocenters. The number of nitriles is 1. The molecule has 160 valence electrons. The van der Waals surface area contributed by atoms with Gasteiger partial charge in [-0.25, -0.2) is 8.42 Å². The van der Waals surface area contributed by atoms with Crippen molar-refractivity contribution >= 4 is 26.8 Å². The smallest absolute Gasteiger partial charge is 0.259 e. The third-order valence-corrected chi connectivity index (χ3v) is 7.34. The normalized spacial score (nSPS) is 19.8. The maximum Gasteiger partial charge on any atom is 0.259 e. The number of amides is 1. The van der Waals surface area contributed by atoms with Crippen LogP contribution in [0.3, 0.4) is 0 Å². The van der Waals surface area contributed by atoms with Gasteiger partial charge in [0, 0.05) is 50.2 Å². The first-order valence-electron chi connectivity index (χ1n) is 9.93. The predicted molar refractivity (Wildman–Crippen MR) is 113 cm³/mol. The molecule has 9 heteroatoms. The number of nitrogens with one attached hydrogen (secondary N) is 1. The molecule has 1 aromatic heterocycles. The summed E-state index contributed by atoms with van der Waals surface area (Å²) < 4.78 is 26.6. The van der Waals surface area contributed by atoms with Gasteiger partial charge in [0.05, 0.1) is 11.0 Å². The number of nitrogens with zero attached hydrogens (tertiary/aromatic N) is 3.